The molecule has 23 heavy (non-hydrogen) atoms. The maximum Gasteiger partial charge on any atom is 0.254 e. The quantitative estimate of drug-likeness (QED) is 0.830. The minimum atomic E-state index is 0.106. The van der Waals surface area contributed by atoms with Gasteiger partial charge in [0.05, 0.1) is 12.2 Å². The Morgan fingerprint density at radius 2 is 1.96 bits per heavy atom. The second kappa shape index (κ2) is 7.91. The number of aromatic nitrogens is 1. The first-order chi connectivity index (χ1) is 10.9. The summed E-state index contributed by atoms with van der Waals surface area (Å²) in [6.07, 6.45) is 3.61. The summed E-state index contributed by atoms with van der Waals surface area (Å²) in [5.41, 5.74) is 2.53. The van der Waals surface area contributed by atoms with E-state index in [-0.39, 0.29) is 18.1 Å². The number of carbonyl (C=O) groups excluding carboxylic acids is 1. The molecule has 1 aliphatic heterocycles. The normalized spacial score (nSPS) is 21.7. The van der Waals surface area contributed by atoms with E-state index < -0.39 is 0 Å². The molecule has 2 rings (SSSR count). The van der Waals surface area contributed by atoms with E-state index in [0.717, 1.165) is 36.2 Å². The number of unbranched alkanes of at least 4 members (excludes halogenated alkanes) is 1. The van der Waals surface area contributed by atoms with E-state index in [1.807, 2.05) is 30.9 Å². The van der Waals surface area contributed by atoms with Crippen LogP contribution in [0.5, 0.6) is 0 Å². The van der Waals surface area contributed by atoms with Crippen molar-refractivity contribution in [2.24, 2.45) is 5.92 Å². The molecule has 4 heteroatoms. The van der Waals surface area contributed by atoms with Gasteiger partial charge in [-0.3, -0.25) is 9.78 Å². The molecule has 1 saturated heterocycles. The van der Waals surface area contributed by atoms with Crippen LogP contribution in [0.2, 0.25) is 0 Å². The number of morpholine rings is 1. The zero-order valence-corrected chi connectivity index (χ0v) is 15.1. The van der Waals surface area contributed by atoms with Gasteiger partial charge in [0.1, 0.15) is 0 Å². The summed E-state index contributed by atoms with van der Waals surface area (Å²) in [6.45, 7) is 11.8. The van der Waals surface area contributed by atoms with Gasteiger partial charge in [-0.15, -0.1) is 0 Å². The fourth-order valence-electron chi connectivity index (χ4n) is 3.14. The average Bonchev–Trinajstić information content (AvgIpc) is 2.50. The van der Waals surface area contributed by atoms with Crippen molar-refractivity contribution in [3.63, 3.8) is 0 Å². The van der Waals surface area contributed by atoms with Crippen molar-refractivity contribution in [3.05, 3.63) is 29.1 Å². The van der Waals surface area contributed by atoms with E-state index in [2.05, 4.69) is 25.8 Å². The Morgan fingerprint density at radius 3 is 2.52 bits per heavy atom. The van der Waals surface area contributed by atoms with Crippen molar-refractivity contribution < 1.29 is 9.53 Å². The van der Waals surface area contributed by atoms with Gasteiger partial charge in [-0.25, -0.2) is 0 Å². The van der Waals surface area contributed by atoms with Crippen molar-refractivity contribution in [2.75, 3.05) is 13.1 Å². The predicted octanol–water partition coefficient (Wildman–Crippen LogP) is 3.75. The summed E-state index contributed by atoms with van der Waals surface area (Å²) in [7, 11) is 0. The van der Waals surface area contributed by atoms with E-state index in [1.54, 1.807) is 0 Å². The van der Waals surface area contributed by atoms with Crippen molar-refractivity contribution >= 4 is 5.91 Å². The fourth-order valence-corrected chi connectivity index (χ4v) is 3.14. The molecule has 0 spiro atoms. The van der Waals surface area contributed by atoms with Gasteiger partial charge in [0.25, 0.3) is 5.91 Å². The second-order valence-corrected chi connectivity index (χ2v) is 7.03. The molecule has 1 aliphatic rings. The molecule has 128 valence electrons. The monoisotopic (exact) mass is 318 g/mol. The number of pyridine rings is 1. The Hall–Kier alpha value is -1.42. The zero-order chi connectivity index (χ0) is 17.0. The summed E-state index contributed by atoms with van der Waals surface area (Å²) in [5.74, 6) is 0.518. The predicted molar refractivity (Wildman–Crippen MR) is 92.6 cm³/mol. The molecule has 0 saturated carbocycles. The highest BCUT2D eigenvalue weighted by Crippen LogP contribution is 2.22. The van der Waals surface area contributed by atoms with Crippen LogP contribution in [0.15, 0.2) is 12.1 Å². The molecule has 0 radical (unpaired) electrons. The maximum absolute atomic E-state index is 12.9. The van der Waals surface area contributed by atoms with Gasteiger partial charge in [0.15, 0.2) is 0 Å². The smallest absolute Gasteiger partial charge is 0.254 e. The minimum Gasteiger partial charge on any atom is -0.371 e. The SMILES string of the molecule is CCCC[C@@H]1CN(C(=O)c2cc(C)nc(C)c2)C[C@H](C(C)C)O1. The number of nitrogens with zero attached hydrogens (tertiary/aromatic N) is 2. The lowest BCUT2D eigenvalue weighted by molar-refractivity contribution is -0.0962. The molecule has 4 nitrogen and oxygen atoms in total. The largest absolute Gasteiger partial charge is 0.371 e. The highest BCUT2D eigenvalue weighted by Gasteiger charge is 2.32. The summed E-state index contributed by atoms with van der Waals surface area (Å²) < 4.78 is 6.21. The summed E-state index contributed by atoms with van der Waals surface area (Å²) >= 11 is 0. The lowest BCUT2D eigenvalue weighted by atomic mass is 10.0. The number of ether oxygens (including phenoxy) is 1. The summed E-state index contributed by atoms with van der Waals surface area (Å²) in [5, 5.41) is 0. The third-order valence-corrected chi connectivity index (χ3v) is 4.43. The molecule has 0 aromatic carbocycles. The van der Waals surface area contributed by atoms with Gasteiger partial charge in [-0.2, -0.15) is 0 Å². The molecule has 0 aliphatic carbocycles. The molecule has 0 bridgehead atoms. The Morgan fingerprint density at radius 1 is 1.30 bits per heavy atom. The van der Waals surface area contributed by atoms with Crippen molar-refractivity contribution in [3.8, 4) is 0 Å². The first-order valence-electron chi connectivity index (χ1n) is 8.80. The second-order valence-electron chi connectivity index (χ2n) is 7.03. The van der Waals surface area contributed by atoms with Crippen molar-refractivity contribution in [1.29, 1.82) is 0 Å². The average molecular weight is 318 g/mol. The van der Waals surface area contributed by atoms with Crippen molar-refractivity contribution in [2.45, 2.75) is 66.1 Å². The van der Waals surface area contributed by atoms with Crippen LogP contribution in [0.3, 0.4) is 0 Å². The number of aryl methyl sites for hydroxylation is 2. The van der Waals surface area contributed by atoms with Crippen LogP contribution in [0.1, 0.15) is 61.8 Å². The molecule has 1 fully saturated rings. The Kier molecular flexibility index (Phi) is 6.17. The van der Waals surface area contributed by atoms with Gasteiger partial charge in [-0.05, 0) is 38.3 Å². The molecule has 1 amide bonds. The Balaban J connectivity index is 2.16. The number of carbonyl (C=O) groups is 1. The van der Waals surface area contributed by atoms with Crippen LogP contribution in [0, 0.1) is 19.8 Å². The van der Waals surface area contributed by atoms with Gasteiger partial charge < -0.3 is 9.64 Å². The third kappa shape index (κ3) is 4.77. The molecule has 1 aromatic rings. The van der Waals surface area contributed by atoms with Crippen LogP contribution in [0.4, 0.5) is 0 Å². The topological polar surface area (TPSA) is 42.4 Å². The maximum atomic E-state index is 12.9. The van der Waals surface area contributed by atoms with E-state index in [0.29, 0.717) is 19.0 Å². The molecule has 1 aromatic heterocycles. The van der Waals surface area contributed by atoms with Crippen LogP contribution in [-0.2, 0) is 4.74 Å². The van der Waals surface area contributed by atoms with E-state index >= 15 is 0 Å². The van der Waals surface area contributed by atoms with E-state index in [1.165, 1.54) is 0 Å². The first kappa shape index (κ1) is 17.9. The highest BCUT2D eigenvalue weighted by molar-refractivity contribution is 5.94. The van der Waals surface area contributed by atoms with E-state index in [9.17, 15) is 4.79 Å². The highest BCUT2D eigenvalue weighted by atomic mass is 16.5. The van der Waals surface area contributed by atoms with Crippen LogP contribution < -0.4 is 0 Å². The number of hydrogen-bond donors (Lipinski definition) is 0. The minimum absolute atomic E-state index is 0.106. The molecule has 0 N–H and O–H groups in total. The fraction of sp³-hybridized carbons (Fsp3) is 0.684. The third-order valence-electron chi connectivity index (χ3n) is 4.43. The van der Waals surface area contributed by atoms with Gasteiger partial charge >= 0.3 is 0 Å². The Labute approximate surface area is 140 Å². The number of amides is 1. The molecule has 0 unspecified atom stereocenters. The lowest BCUT2D eigenvalue weighted by Gasteiger charge is -2.40. The van der Waals surface area contributed by atoms with Gasteiger partial charge in [0, 0.05) is 30.0 Å². The number of hydrogen-bond acceptors (Lipinski definition) is 3. The van der Waals surface area contributed by atoms with Crippen molar-refractivity contribution in [1.82, 2.24) is 9.88 Å². The number of rotatable bonds is 5. The molecule has 2 heterocycles. The standard InChI is InChI=1S/C19H30N2O2/c1-6-7-8-17-11-21(12-18(23-17)13(2)3)19(22)16-9-14(4)20-15(5)10-16/h9-10,13,17-18H,6-8,11-12H2,1-5H3/t17-,18-/m1/s1. The van der Waals surface area contributed by atoms with Gasteiger partial charge in [0.2, 0.25) is 0 Å². The summed E-state index contributed by atoms with van der Waals surface area (Å²) in [4.78, 5) is 19.3. The van der Waals surface area contributed by atoms with E-state index in [4.69, 9.17) is 4.74 Å². The van der Waals surface area contributed by atoms with Crippen LogP contribution >= 0.6 is 0 Å². The van der Waals surface area contributed by atoms with Crippen LogP contribution in [-0.4, -0.2) is 41.1 Å². The molecular weight excluding hydrogens is 288 g/mol. The van der Waals surface area contributed by atoms with Gasteiger partial charge in [-0.1, -0.05) is 33.6 Å². The lowest BCUT2D eigenvalue weighted by Crippen LogP contribution is -2.51. The molecular formula is C19H30N2O2. The zero-order valence-electron chi connectivity index (χ0n) is 15.1. The molecule has 2 atom stereocenters. The van der Waals surface area contributed by atoms with Crippen LogP contribution in [0.25, 0.3) is 0 Å². The Bertz CT molecular complexity index is 522. The first-order valence-corrected chi connectivity index (χ1v) is 8.80. The summed E-state index contributed by atoms with van der Waals surface area (Å²) in [6, 6.07) is 3.77.